The number of rotatable bonds is 4. The highest BCUT2D eigenvalue weighted by Gasteiger charge is 2.39. The Labute approximate surface area is 163 Å². The van der Waals surface area contributed by atoms with Crippen LogP contribution in [0.25, 0.3) is 17.1 Å². The highest BCUT2D eigenvalue weighted by molar-refractivity contribution is 6.26. The van der Waals surface area contributed by atoms with Crippen LogP contribution in [0.15, 0.2) is 41.7 Å². The molecule has 0 saturated carbocycles. The third-order valence-electron chi connectivity index (χ3n) is 5.01. The summed E-state index contributed by atoms with van der Waals surface area (Å²) in [5.41, 5.74) is 1.51. The molecule has 1 fully saturated rings. The number of nitrogens with one attached hydrogen (secondary N) is 1. The number of carbonyl (C=O) groups is 2. The van der Waals surface area contributed by atoms with Crippen molar-refractivity contribution < 1.29 is 19.1 Å². The molecule has 2 aliphatic rings. The van der Waals surface area contributed by atoms with E-state index in [0.29, 0.717) is 5.88 Å². The molecule has 0 spiro atoms. The van der Waals surface area contributed by atoms with Crippen LogP contribution >= 0.6 is 0 Å². The summed E-state index contributed by atoms with van der Waals surface area (Å²) >= 11 is 0. The van der Waals surface area contributed by atoms with E-state index < -0.39 is 11.8 Å². The van der Waals surface area contributed by atoms with Crippen LogP contribution in [-0.2, 0) is 19.1 Å². The summed E-state index contributed by atoms with van der Waals surface area (Å²) in [6.07, 6.45) is 9.41. The third-order valence-corrected chi connectivity index (χ3v) is 5.01. The second-order valence-corrected chi connectivity index (χ2v) is 6.89. The highest BCUT2D eigenvalue weighted by Crippen LogP contribution is 2.32. The van der Waals surface area contributed by atoms with Gasteiger partial charge in [0.15, 0.2) is 11.3 Å². The van der Waals surface area contributed by atoms with Gasteiger partial charge < -0.3 is 19.4 Å². The van der Waals surface area contributed by atoms with Gasteiger partial charge in [-0.3, -0.25) is 4.79 Å². The molecule has 0 radical (unpaired) electrons. The quantitative estimate of drug-likeness (QED) is 0.498. The molecule has 2 aliphatic heterocycles. The van der Waals surface area contributed by atoms with E-state index in [0.717, 1.165) is 55.4 Å². The van der Waals surface area contributed by atoms with Gasteiger partial charge in [-0.1, -0.05) is 12.8 Å². The molecule has 2 aromatic rings. The minimum absolute atomic E-state index is 0.00651. The van der Waals surface area contributed by atoms with Gasteiger partial charge in [0.25, 0.3) is 0 Å². The van der Waals surface area contributed by atoms with Gasteiger partial charge in [0.1, 0.15) is 5.65 Å². The van der Waals surface area contributed by atoms with E-state index >= 15 is 0 Å². The Morgan fingerprint density at radius 3 is 2.86 bits per heavy atom. The van der Waals surface area contributed by atoms with Gasteiger partial charge in [-0.15, -0.1) is 0 Å². The molecule has 1 N–H and O–H groups in total. The van der Waals surface area contributed by atoms with Crippen LogP contribution in [0.2, 0.25) is 0 Å². The molecule has 0 amide bonds. The molecule has 7 heteroatoms. The first-order valence-corrected chi connectivity index (χ1v) is 9.71. The fourth-order valence-corrected chi connectivity index (χ4v) is 3.63. The number of pyridine rings is 1. The Morgan fingerprint density at radius 1 is 1.32 bits per heavy atom. The standard InChI is InChI=1S/C21H23N3O4/c1-2-27-21(26)17-18(25)16(28-20(17)24-10-5-3-4-6-11-24)12-14-13-23-19-15(14)8-7-9-22-19/h7-9,12-13H,2-6,10-11H2,1H3,(H,22,23)/b16-12-. The van der Waals surface area contributed by atoms with Crippen LogP contribution in [0.5, 0.6) is 0 Å². The number of nitrogens with zero attached hydrogens (tertiary/aromatic N) is 2. The number of ketones is 1. The van der Waals surface area contributed by atoms with E-state index in [4.69, 9.17) is 9.47 Å². The predicted octanol–water partition coefficient (Wildman–Crippen LogP) is 3.15. The topological polar surface area (TPSA) is 84.5 Å². The van der Waals surface area contributed by atoms with Crippen LogP contribution in [0.1, 0.15) is 38.2 Å². The summed E-state index contributed by atoms with van der Waals surface area (Å²) in [5, 5.41) is 0.882. The second kappa shape index (κ2) is 7.88. The summed E-state index contributed by atoms with van der Waals surface area (Å²) in [6.45, 7) is 3.45. The summed E-state index contributed by atoms with van der Waals surface area (Å²) in [4.78, 5) is 34.9. The Hall–Kier alpha value is -3.09. The number of hydrogen-bond acceptors (Lipinski definition) is 6. The number of hydrogen-bond donors (Lipinski definition) is 1. The van der Waals surface area contributed by atoms with Crippen LogP contribution in [0.4, 0.5) is 0 Å². The average Bonchev–Trinajstić information content (AvgIpc) is 3.12. The number of H-pyrrole nitrogens is 1. The number of aromatic nitrogens is 2. The predicted molar refractivity (Wildman–Crippen MR) is 104 cm³/mol. The van der Waals surface area contributed by atoms with Crippen molar-refractivity contribution >= 4 is 28.9 Å². The summed E-state index contributed by atoms with van der Waals surface area (Å²) < 4.78 is 11.1. The SMILES string of the molecule is CCOC(=O)C1=C(N2CCCCCC2)O/C(=C\c2c[nH]c3ncccc23)C1=O. The van der Waals surface area contributed by atoms with Crippen molar-refractivity contribution in [2.24, 2.45) is 0 Å². The van der Waals surface area contributed by atoms with Gasteiger partial charge in [0.2, 0.25) is 11.7 Å². The lowest BCUT2D eigenvalue weighted by Crippen LogP contribution is -2.27. The Bertz CT molecular complexity index is 965. The molecule has 28 heavy (non-hydrogen) atoms. The molecule has 2 aromatic heterocycles. The number of carbonyl (C=O) groups excluding carboxylic acids is 2. The van der Waals surface area contributed by atoms with E-state index in [1.54, 1.807) is 25.4 Å². The Balaban J connectivity index is 1.70. The van der Waals surface area contributed by atoms with Gasteiger partial charge in [0.05, 0.1) is 6.61 Å². The van der Waals surface area contributed by atoms with Crippen molar-refractivity contribution in [2.75, 3.05) is 19.7 Å². The van der Waals surface area contributed by atoms with E-state index in [-0.39, 0.29) is 17.9 Å². The van der Waals surface area contributed by atoms with Gasteiger partial charge >= 0.3 is 5.97 Å². The third kappa shape index (κ3) is 3.40. The van der Waals surface area contributed by atoms with E-state index in [1.165, 1.54) is 0 Å². The first-order chi connectivity index (χ1) is 13.7. The molecular weight excluding hydrogens is 358 g/mol. The van der Waals surface area contributed by atoms with Crippen LogP contribution in [-0.4, -0.2) is 46.3 Å². The largest absolute Gasteiger partial charge is 0.462 e. The summed E-state index contributed by atoms with van der Waals surface area (Å²) in [5.74, 6) is -0.603. The number of ether oxygens (including phenoxy) is 2. The van der Waals surface area contributed by atoms with Gasteiger partial charge in [-0.05, 0) is 38.0 Å². The van der Waals surface area contributed by atoms with Crippen molar-refractivity contribution in [1.29, 1.82) is 0 Å². The lowest BCUT2D eigenvalue weighted by Gasteiger charge is -2.23. The van der Waals surface area contributed by atoms with Gasteiger partial charge in [-0.25, -0.2) is 9.78 Å². The lowest BCUT2D eigenvalue weighted by atomic mass is 10.1. The first-order valence-electron chi connectivity index (χ1n) is 9.71. The normalized spacial score (nSPS) is 19.2. The van der Waals surface area contributed by atoms with Crippen LogP contribution in [0.3, 0.4) is 0 Å². The number of likely N-dealkylation sites (tertiary alicyclic amines) is 1. The number of esters is 1. The van der Waals surface area contributed by atoms with Gasteiger partial charge in [-0.2, -0.15) is 0 Å². The lowest BCUT2D eigenvalue weighted by molar-refractivity contribution is -0.139. The molecule has 0 aliphatic carbocycles. The fourth-order valence-electron chi connectivity index (χ4n) is 3.63. The molecular formula is C21H23N3O4. The molecule has 146 valence electrons. The van der Waals surface area contributed by atoms with Crippen molar-refractivity contribution in [2.45, 2.75) is 32.6 Å². The first kappa shape index (κ1) is 18.3. The summed E-state index contributed by atoms with van der Waals surface area (Å²) in [6, 6.07) is 3.75. The molecule has 0 atom stereocenters. The van der Waals surface area contributed by atoms with Gasteiger partial charge in [0, 0.05) is 36.4 Å². The molecule has 0 bridgehead atoms. The molecule has 0 unspecified atom stereocenters. The highest BCUT2D eigenvalue weighted by atomic mass is 16.5. The zero-order valence-corrected chi connectivity index (χ0v) is 15.9. The second-order valence-electron chi connectivity index (χ2n) is 6.89. The minimum Gasteiger partial charge on any atom is -0.462 e. The van der Waals surface area contributed by atoms with E-state index in [1.807, 2.05) is 17.0 Å². The van der Waals surface area contributed by atoms with E-state index in [2.05, 4.69) is 9.97 Å². The van der Waals surface area contributed by atoms with Crippen molar-refractivity contribution in [1.82, 2.24) is 14.9 Å². The number of allylic oxidation sites excluding steroid dienone is 1. The smallest absolute Gasteiger partial charge is 0.347 e. The monoisotopic (exact) mass is 381 g/mol. The molecule has 7 nitrogen and oxygen atoms in total. The number of aromatic amines is 1. The van der Waals surface area contributed by atoms with Crippen molar-refractivity contribution in [3.63, 3.8) is 0 Å². The van der Waals surface area contributed by atoms with E-state index in [9.17, 15) is 9.59 Å². The zero-order chi connectivity index (χ0) is 19.5. The fraction of sp³-hybridized carbons (Fsp3) is 0.381. The molecule has 1 saturated heterocycles. The number of fused-ring (bicyclic) bond motifs is 1. The van der Waals surface area contributed by atoms with Crippen molar-refractivity contribution in [3.8, 4) is 0 Å². The van der Waals surface area contributed by atoms with Crippen LogP contribution < -0.4 is 0 Å². The maximum absolute atomic E-state index is 13.0. The Morgan fingerprint density at radius 2 is 2.11 bits per heavy atom. The Kier molecular flexibility index (Phi) is 5.14. The zero-order valence-electron chi connectivity index (χ0n) is 15.9. The molecule has 4 heterocycles. The average molecular weight is 381 g/mol. The van der Waals surface area contributed by atoms with Crippen molar-refractivity contribution in [3.05, 3.63) is 47.3 Å². The maximum atomic E-state index is 13.0. The molecule has 0 aromatic carbocycles. The number of Topliss-reactive ketones (excluding diaryl/α,β-unsaturated/α-hetero) is 1. The summed E-state index contributed by atoms with van der Waals surface area (Å²) in [7, 11) is 0. The van der Waals surface area contributed by atoms with Crippen LogP contribution in [0, 0.1) is 0 Å². The maximum Gasteiger partial charge on any atom is 0.347 e. The molecule has 4 rings (SSSR count). The minimum atomic E-state index is -0.629.